The maximum atomic E-state index is 3.35. The average molecular weight is 151 g/mol. The summed E-state index contributed by atoms with van der Waals surface area (Å²) < 4.78 is 0. The molecule has 1 heteroatoms. The lowest BCUT2D eigenvalue weighted by atomic mass is 10.0. The molecule has 1 nitrogen and oxygen atoms in total. The van der Waals surface area contributed by atoms with Gasteiger partial charge in [-0.1, -0.05) is 17.2 Å². The Kier molecular flexibility index (Phi) is 2.75. The molecule has 0 aliphatic carbocycles. The van der Waals surface area contributed by atoms with Gasteiger partial charge in [0.15, 0.2) is 0 Å². The fraction of sp³-hybridized carbons (Fsp3) is 0.600. The first-order valence-corrected chi connectivity index (χ1v) is 4.28. The van der Waals surface area contributed by atoms with E-state index in [1.54, 1.807) is 0 Å². The molecule has 0 aromatic heterocycles. The molecule has 0 saturated heterocycles. The molecule has 1 heterocycles. The van der Waals surface area contributed by atoms with Crippen LogP contribution in [-0.4, -0.2) is 6.04 Å². The van der Waals surface area contributed by atoms with Crippen LogP contribution in [0.4, 0.5) is 0 Å². The summed E-state index contributed by atoms with van der Waals surface area (Å²) >= 11 is 0. The van der Waals surface area contributed by atoms with E-state index < -0.39 is 0 Å². The molecule has 0 radical (unpaired) electrons. The molecule has 11 heavy (non-hydrogen) atoms. The summed E-state index contributed by atoms with van der Waals surface area (Å²) in [6, 6.07) is 0.505. The summed E-state index contributed by atoms with van der Waals surface area (Å²) in [5.41, 5.74) is 2.90. The molecule has 1 aliphatic rings. The van der Waals surface area contributed by atoms with E-state index in [2.05, 4.69) is 38.4 Å². The Bertz CT molecular complexity index is 189. The van der Waals surface area contributed by atoms with Gasteiger partial charge >= 0.3 is 0 Å². The first kappa shape index (κ1) is 8.38. The Hall–Kier alpha value is -0.720. The minimum absolute atomic E-state index is 0.505. The van der Waals surface area contributed by atoms with E-state index in [4.69, 9.17) is 0 Å². The fourth-order valence-electron chi connectivity index (χ4n) is 1.18. The average Bonchev–Trinajstić information content (AvgIpc) is 1.98. The molecule has 0 spiro atoms. The minimum atomic E-state index is 0.505. The molecule has 0 bridgehead atoms. The smallest absolute Gasteiger partial charge is 0.0437 e. The second-order valence-electron chi connectivity index (χ2n) is 3.37. The normalized spacial score (nSPS) is 35.4. The first-order chi connectivity index (χ1) is 5.20. The highest BCUT2D eigenvalue weighted by molar-refractivity contribution is 5.12. The molecule has 1 N–H and O–H groups in total. The van der Waals surface area contributed by atoms with Crippen LogP contribution in [0.3, 0.4) is 0 Å². The highest BCUT2D eigenvalue weighted by Crippen LogP contribution is 2.11. The van der Waals surface area contributed by atoms with Gasteiger partial charge < -0.3 is 5.32 Å². The summed E-state index contributed by atoms with van der Waals surface area (Å²) in [5.74, 6) is 0. The number of hydrogen-bond acceptors (Lipinski definition) is 1. The largest absolute Gasteiger partial charge is 0.385 e. The van der Waals surface area contributed by atoms with Crippen molar-refractivity contribution in [3.05, 3.63) is 23.4 Å². The topological polar surface area (TPSA) is 12.0 Å². The van der Waals surface area contributed by atoms with Gasteiger partial charge in [0.25, 0.3) is 0 Å². The lowest BCUT2D eigenvalue weighted by molar-refractivity contribution is 0.702. The van der Waals surface area contributed by atoms with Crippen molar-refractivity contribution in [1.82, 2.24) is 5.32 Å². The van der Waals surface area contributed by atoms with Crippen LogP contribution in [-0.2, 0) is 0 Å². The molecule has 1 unspecified atom stereocenters. The summed E-state index contributed by atoms with van der Waals surface area (Å²) in [6.45, 7) is 6.56. The van der Waals surface area contributed by atoms with E-state index in [1.165, 1.54) is 24.0 Å². The zero-order valence-electron chi connectivity index (χ0n) is 7.65. The van der Waals surface area contributed by atoms with Gasteiger partial charge in [0.2, 0.25) is 0 Å². The Morgan fingerprint density at radius 2 is 2.18 bits per heavy atom. The van der Waals surface area contributed by atoms with E-state index in [-0.39, 0.29) is 0 Å². The number of nitrogens with one attached hydrogen (secondary N) is 1. The Labute approximate surface area is 69.2 Å². The van der Waals surface area contributed by atoms with Gasteiger partial charge in [0.1, 0.15) is 0 Å². The molecule has 0 aromatic rings. The molecule has 0 saturated carbocycles. The second-order valence-corrected chi connectivity index (χ2v) is 3.37. The molecule has 0 amide bonds. The van der Waals surface area contributed by atoms with Gasteiger partial charge in [-0.25, -0.2) is 0 Å². The van der Waals surface area contributed by atoms with Crippen LogP contribution >= 0.6 is 0 Å². The van der Waals surface area contributed by atoms with Crippen LogP contribution < -0.4 is 5.32 Å². The van der Waals surface area contributed by atoms with Crippen molar-refractivity contribution in [2.24, 2.45) is 0 Å². The third kappa shape index (κ3) is 2.41. The minimum Gasteiger partial charge on any atom is -0.385 e. The number of rotatable bonds is 0. The number of hydrogen-bond donors (Lipinski definition) is 1. The van der Waals surface area contributed by atoms with Crippen molar-refractivity contribution in [1.29, 1.82) is 0 Å². The molecular formula is C10H17N. The van der Waals surface area contributed by atoms with Crippen LogP contribution in [0, 0.1) is 0 Å². The zero-order chi connectivity index (χ0) is 8.27. The standard InChI is InChI=1S/C10H17N/c1-8-5-4-6-9(2)10(3)11-7-8/h6-7,10-11H,4-5H2,1-3H3/b8-7-,9-6-. The molecule has 0 aromatic carbocycles. The van der Waals surface area contributed by atoms with Gasteiger partial charge in [-0.05, 0) is 39.8 Å². The summed E-state index contributed by atoms with van der Waals surface area (Å²) in [7, 11) is 0. The van der Waals surface area contributed by atoms with Crippen LogP contribution in [0.25, 0.3) is 0 Å². The van der Waals surface area contributed by atoms with Gasteiger partial charge in [-0.15, -0.1) is 0 Å². The van der Waals surface area contributed by atoms with Crippen LogP contribution in [0.1, 0.15) is 33.6 Å². The van der Waals surface area contributed by atoms with Crippen molar-refractivity contribution in [2.75, 3.05) is 0 Å². The van der Waals surface area contributed by atoms with Crippen molar-refractivity contribution in [2.45, 2.75) is 39.7 Å². The predicted molar refractivity (Wildman–Crippen MR) is 49.3 cm³/mol. The van der Waals surface area contributed by atoms with Gasteiger partial charge in [0.05, 0.1) is 0 Å². The maximum Gasteiger partial charge on any atom is 0.0437 e. The van der Waals surface area contributed by atoms with Crippen LogP contribution in [0.2, 0.25) is 0 Å². The number of allylic oxidation sites excluding steroid dienone is 2. The predicted octanol–water partition coefficient (Wildman–Crippen LogP) is 2.61. The van der Waals surface area contributed by atoms with E-state index in [0.717, 1.165) is 0 Å². The molecule has 1 atom stereocenters. The monoisotopic (exact) mass is 151 g/mol. The fourth-order valence-corrected chi connectivity index (χ4v) is 1.18. The lowest BCUT2D eigenvalue weighted by Crippen LogP contribution is -2.22. The van der Waals surface area contributed by atoms with Crippen molar-refractivity contribution >= 4 is 0 Å². The SMILES string of the molecule is C/C1=C/NC(C)/C(C)=C\CC1. The Morgan fingerprint density at radius 1 is 1.45 bits per heavy atom. The van der Waals surface area contributed by atoms with E-state index in [1.807, 2.05) is 0 Å². The van der Waals surface area contributed by atoms with Crippen molar-refractivity contribution < 1.29 is 0 Å². The highest BCUT2D eigenvalue weighted by atomic mass is 14.9. The van der Waals surface area contributed by atoms with E-state index >= 15 is 0 Å². The third-order valence-corrected chi connectivity index (χ3v) is 2.27. The Morgan fingerprint density at radius 3 is 2.91 bits per heavy atom. The lowest BCUT2D eigenvalue weighted by Gasteiger charge is -2.16. The van der Waals surface area contributed by atoms with Gasteiger partial charge in [0, 0.05) is 6.04 Å². The zero-order valence-corrected chi connectivity index (χ0v) is 7.65. The molecule has 1 rings (SSSR count). The summed E-state index contributed by atoms with van der Waals surface area (Å²) in [5, 5.41) is 3.35. The summed E-state index contributed by atoms with van der Waals surface area (Å²) in [6.07, 6.45) is 6.85. The van der Waals surface area contributed by atoms with E-state index in [0.29, 0.717) is 6.04 Å². The molecule has 1 aliphatic heterocycles. The molecule has 0 fully saturated rings. The molecular weight excluding hydrogens is 134 g/mol. The Balaban J connectivity index is 2.62. The molecule has 62 valence electrons. The van der Waals surface area contributed by atoms with Crippen LogP contribution in [0.15, 0.2) is 23.4 Å². The second kappa shape index (κ2) is 3.61. The third-order valence-electron chi connectivity index (χ3n) is 2.27. The maximum absolute atomic E-state index is 3.35. The highest BCUT2D eigenvalue weighted by Gasteiger charge is 2.03. The van der Waals surface area contributed by atoms with Crippen LogP contribution in [0.5, 0.6) is 0 Å². The van der Waals surface area contributed by atoms with Gasteiger partial charge in [-0.2, -0.15) is 0 Å². The quantitative estimate of drug-likeness (QED) is 0.525. The van der Waals surface area contributed by atoms with E-state index in [9.17, 15) is 0 Å². The van der Waals surface area contributed by atoms with Gasteiger partial charge in [-0.3, -0.25) is 0 Å². The van der Waals surface area contributed by atoms with Crippen molar-refractivity contribution in [3.63, 3.8) is 0 Å². The van der Waals surface area contributed by atoms with Crippen molar-refractivity contribution in [3.8, 4) is 0 Å². The first-order valence-electron chi connectivity index (χ1n) is 4.28. The summed E-state index contributed by atoms with van der Waals surface area (Å²) in [4.78, 5) is 0.